The summed E-state index contributed by atoms with van der Waals surface area (Å²) < 4.78 is 18.7. The molecule has 2 N–H and O–H groups in total. The van der Waals surface area contributed by atoms with E-state index >= 15 is 0 Å². The SMILES string of the molecule is CN(C)CCn1c(=O)c2cc(OC(=O)N(C)c3ccccc3NC(=O)CCCN3C(=O)C=CC3=O)c(CO)cc2c2cnc3cc4c(cc3c21)OCO4. The molecule has 0 atom stereocenters. The summed E-state index contributed by atoms with van der Waals surface area (Å²) in [5.74, 6) is -0.105. The lowest BCUT2D eigenvalue weighted by molar-refractivity contribution is -0.137. The maximum atomic E-state index is 14.3. The van der Waals surface area contributed by atoms with Crippen LogP contribution in [0.5, 0.6) is 17.2 Å². The number of anilines is 2. The van der Waals surface area contributed by atoms with Gasteiger partial charge in [0.1, 0.15) is 5.75 Å². The van der Waals surface area contributed by atoms with Crippen molar-refractivity contribution in [3.05, 3.63) is 82.8 Å². The molecule has 15 heteroatoms. The van der Waals surface area contributed by atoms with Crippen molar-refractivity contribution in [1.82, 2.24) is 19.4 Å². The average Bonchev–Trinajstić information content (AvgIpc) is 3.74. The molecule has 0 aliphatic carbocycles. The van der Waals surface area contributed by atoms with E-state index in [1.165, 1.54) is 30.2 Å². The van der Waals surface area contributed by atoms with Crippen molar-refractivity contribution in [2.45, 2.75) is 26.0 Å². The van der Waals surface area contributed by atoms with Crippen molar-refractivity contribution in [1.29, 1.82) is 0 Å². The Morgan fingerprint density at radius 2 is 1.66 bits per heavy atom. The molecule has 7 rings (SSSR count). The molecule has 0 fully saturated rings. The first-order chi connectivity index (χ1) is 25.5. The fourth-order valence-electron chi connectivity index (χ4n) is 6.45. The van der Waals surface area contributed by atoms with Crippen LogP contribution < -0.4 is 30.0 Å². The number of pyridine rings is 2. The number of aromatic nitrogens is 2. The molecular formula is C38H36N6O9. The Morgan fingerprint density at radius 3 is 2.40 bits per heavy atom. The summed E-state index contributed by atoms with van der Waals surface area (Å²) in [6.45, 7) is 0.592. The number of carbonyl (C=O) groups is 4. The lowest BCUT2D eigenvalue weighted by atomic mass is 10.0. The Morgan fingerprint density at radius 1 is 0.925 bits per heavy atom. The molecule has 272 valence electrons. The van der Waals surface area contributed by atoms with Crippen LogP contribution in [0.15, 0.2) is 71.7 Å². The molecule has 5 aromatic rings. The average molecular weight is 721 g/mol. The van der Waals surface area contributed by atoms with E-state index in [2.05, 4.69) is 10.3 Å². The van der Waals surface area contributed by atoms with Gasteiger partial charge in [0, 0.05) is 73.9 Å². The molecular weight excluding hydrogens is 684 g/mol. The summed E-state index contributed by atoms with van der Waals surface area (Å²) in [4.78, 5) is 73.3. The third kappa shape index (κ3) is 6.74. The number of fused-ring (bicyclic) bond motifs is 6. The summed E-state index contributed by atoms with van der Waals surface area (Å²) in [6.07, 6.45) is 3.50. The second kappa shape index (κ2) is 14.4. The van der Waals surface area contributed by atoms with E-state index in [0.717, 1.165) is 4.90 Å². The monoisotopic (exact) mass is 720 g/mol. The Hall–Kier alpha value is -6.32. The Balaban J connectivity index is 1.18. The Kier molecular flexibility index (Phi) is 9.51. The minimum absolute atomic E-state index is 0.00779. The van der Waals surface area contributed by atoms with Gasteiger partial charge in [-0.1, -0.05) is 12.1 Å². The number of ether oxygens (including phenoxy) is 3. The highest BCUT2D eigenvalue weighted by molar-refractivity contribution is 6.15. The van der Waals surface area contributed by atoms with Crippen LogP contribution in [0.2, 0.25) is 0 Å². The minimum Gasteiger partial charge on any atom is -0.454 e. The second-order valence-corrected chi connectivity index (χ2v) is 12.9. The first kappa shape index (κ1) is 35.1. The molecule has 0 saturated carbocycles. The van der Waals surface area contributed by atoms with Gasteiger partial charge >= 0.3 is 6.09 Å². The lowest BCUT2D eigenvalue weighted by Gasteiger charge is -2.22. The first-order valence-electron chi connectivity index (χ1n) is 16.9. The molecule has 3 aromatic carbocycles. The van der Waals surface area contributed by atoms with Gasteiger partial charge in [-0.05, 0) is 56.2 Å². The van der Waals surface area contributed by atoms with E-state index < -0.39 is 24.5 Å². The van der Waals surface area contributed by atoms with Crippen molar-refractivity contribution in [3.8, 4) is 17.2 Å². The number of imide groups is 1. The Labute approximate surface area is 302 Å². The van der Waals surface area contributed by atoms with E-state index in [-0.39, 0.29) is 54.3 Å². The highest BCUT2D eigenvalue weighted by Crippen LogP contribution is 2.39. The van der Waals surface area contributed by atoms with Crippen LogP contribution in [0.3, 0.4) is 0 Å². The molecule has 0 saturated heterocycles. The molecule has 53 heavy (non-hydrogen) atoms. The summed E-state index contributed by atoms with van der Waals surface area (Å²) in [6, 6.07) is 13.3. The number of hydrogen-bond acceptors (Lipinski definition) is 11. The minimum atomic E-state index is -0.836. The normalized spacial score (nSPS) is 13.6. The van der Waals surface area contributed by atoms with E-state index in [0.29, 0.717) is 63.2 Å². The fourth-order valence-corrected chi connectivity index (χ4v) is 6.45. The van der Waals surface area contributed by atoms with Crippen LogP contribution in [-0.4, -0.2) is 89.3 Å². The third-order valence-electron chi connectivity index (χ3n) is 9.21. The van der Waals surface area contributed by atoms with Gasteiger partial charge < -0.3 is 34.1 Å². The van der Waals surface area contributed by atoms with Gasteiger partial charge in [-0.3, -0.25) is 34.0 Å². The molecule has 4 amide bonds. The van der Waals surface area contributed by atoms with Crippen LogP contribution >= 0.6 is 0 Å². The van der Waals surface area contributed by atoms with Gasteiger partial charge in [-0.15, -0.1) is 0 Å². The smallest absolute Gasteiger partial charge is 0.419 e. The number of amides is 4. The summed E-state index contributed by atoms with van der Waals surface area (Å²) in [7, 11) is 5.29. The third-order valence-corrected chi connectivity index (χ3v) is 9.21. The van der Waals surface area contributed by atoms with Gasteiger partial charge in [0.2, 0.25) is 12.7 Å². The van der Waals surface area contributed by atoms with Gasteiger partial charge in [0.25, 0.3) is 17.4 Å². The van der Waals surface area contributed by atoms with Crippen LogP contribution in [0.1, 0.15) is 18.4 Å². The number of aliphatic hydroxyl groups is 1. The number of aliphatic hydroxyl groups excluding tert-OH is 1. The molecule has 15 nitrogen and oxygen atoms in total. The van der Waals surface area contributed by atoms with Crippen LogP contribution in [-0.2, 0) is 27.5 Å². The molecule has 0 spiro atoms. The number of nitrogens with one attached hydrogen (secondary N) is 1. The summed E-state index contributed by atoms with van der Waals surface area (Å²) in [5.41, 5.74) is 1.86. The highest BCUT2D eigenvalue weighted by atomic mass is 16.7. The maximum Gasteiger partial charge on any atom is 0.419 e. The van der Waals surface area contributed by atoms with Crippen LogP contribution in [0, 0.1) is 0 Å². The number of para-hydroxylation sites is 2. The molecule has 0 bridgehead atoms. The predicted octanol–water partition coefficient (Wildman–Crippen LogP) is 3.76. The van der Waals surface area contributed by atoms with Crippen molar-refractivity contribution in [3.63, 3.8) is 0 Å². The molecule has 4 heterocycles. The second-order valence-electron chi connectivity index (χ2n) is 12.9. The van der Waals surface area contributed by atoms with Crippen molar-refractivity contribution >= 4 is 67.8 Å². The zero-order chi connectivity index (χ0) is 37.4. The number of carbonyl (C=O) groups excluding carboxylic acids is 4. The summed E-state index contributed by atoms with van der Waals surface area (Å²) in [5, 5.41) is 15.4. The zero-order valence-electron chi connectivity index (χ0n) is 29.2. The van der Waals surface area contributed by atoms with Crippen LogP contribution in [0.25, 0.3) is 32.6 Å². The number of nitrogens with zero attached hydrogens (tertiary/aromatic N) is 5. The Bertz CT molecular complexity index is 2400. The van der Waals surface area contributed by atoms with Gasteiger partial charge in [-0.25, -0.2) is 4.79 Å². The van der Waals surface area contributed by atoms with E-state index in [4.69, 9.17) is 14.2 Å². The van der Waals surface area contributed by atoms with E-state index in [1.54, 1.807) is 47.2 Å². The largest absolute Gasteiger partial charge is 0.454 e. The van der Waals surface area contributed by atoms with Gasteiger partial charge in [0.05, 0.1) is 34.4 Å². The van der Waals surface area contributed by atoms with Gasteiger partial charge in [0.15, 0.2) is 11.5 Å². The molecule has 0 radical (unpaired) electrons. The van der Waals surface area contributed by atoms with Crippen molar-refractivity contribution in [2.75, 3.05) is 51.2 Å². The van der Waals surface area contributed by atoms with E-state index in [9.17, 15) is 29.1 Å². The fraction of sp³-hybridized carbons (Fsp3) is 0.263. The number of likely N-dealkylation sites (N-methyl/N-ethyl adjacent to an activating group) is 1. The quantitative estimate of drug-likeness (QED) is 0.150. The number of benzene rings is 3. The summed E-state index contributed by atoms with van der Waals surface area (Å²) >= 11 is 0. The molecule has 2 aliphatic rings. The molecule has 2 aliphatic heterocycles. The lowest BCUT2D eigenvalue weighted by Crippen LogP contribution is -2.32. The predicted molar refractivity (Wildman–Crippen MR) is 196 cm³/mol. The van der Waals surface area contributed by atoms with E-state index in [1.807, 2.05) is 25.1 Å². The highest BCUT2D eigenvalue weighted by Gasteiger charge is 2.25. The van der Waals surface area contributed by atoms with Gasteiger partial charge in [-0.2, -0.15) is 0 Å². The molecule has 2 aromatic heterocycles. The topological polar surface area (TPSA) is 173 Å². The number of rotatable bonds is 11. The molecule has 0 unspecified atom stereocenters. The standard InChI is InChI=1S/C38H36N6O9/c1-41(2)13-14-44-36-25-17-31-32(52-21-51-31)18-28(25)39-19-26(36)23-15-22(20-45)30(16-24(23)37(44)49)53-38(50)42(3)29-8-5-4-7-27(29)40-33(46)9-6-12-43-34(47)10-11-35(43)48/h4-5,7-8,10-11,15-19,45H,6,9,12-14,20-21H2,1-3H3,(H,40,46). The maximum absolute atomic E-state index is 14.3. The zero-order valence-corrected chi connectivity index (χ0v) is 29.2. The van der Waals surface area contributed by atoms with Crippen molar-refractivity contribution < 1.29 is 38.5 Å². The number of hydrogen-bond donors (Lipinski definition) is 2. The van der Waals surface area contributed by atoms with Crippen molar-refractivity contribution in [2.24, 2.45) is 0 Å². The van der Waals surface area contributed by atoms with Crippen LogP contribution in [0.4, 0.5) is 16.2 Å². The first-order valence-corrected chi connectivity index (χ1v) is 16.9.